The van der Waals surface area contributed by atoms with Crippen LogP contribution in [0.15, 0.2) is 35.7 Å². The van der Waals surface area contributed by atoms with Gasteiger partial charge in [0.05, 0.1) is 27.0 Å². The number of ketones is 1. The van der Waals surface area contributed by atoms with Crippen LogP contribution in [0.3, 0.4) is 0 Å². The monoisotopic (exact) mass is 349 g/mol. The Hall–Kier alpha value is -1.79. The van der Waals surface area contributed by atoms with Gasteiger partial charge in [0, 0.05) is 0 Å². The van der Waals surface area contributed by atoms with E-state index in [1.54, 1.807) is 35.7 Å². The summed E-state index contributed by atoms with van der Waals surface area (Å²) in [7, 11) is 0. The number of hydrogen-bond acceptors (Lipinski definition) is 4. The number of anilines is 1. The summed E-state index contributed by atoms with van der Waals surface area (Å²) in [5, 5.41) is 1.86. The zero-order valence-electron chi connectivity index (χ0n) is 10.1. The summed E-state index contributed by atoms with van der Waals surface area (Å²) in [5.41, 5.74) is 1.12. The average Bonchev–Trinajstić information content (AvgIpc) is 3.03. The summed E-state index contributed by atoms with van der Waals surface area (Å²) in [6.07, 6.45) is 0. The number of benzene rings is 1. The predicted octanol–water partition coefficient (Wildman–Crippen LogP) is 3.13. The van der Waals surface area contributed by atoms with Gasteiger partial charge in [-0.1, -0.05) is 28.1 Å². The van der Waals surface area contributed by atoms with Crippen molar-refractivity contribution in [3.63, 3.8) is 0 Å². The maximum Gasteiger partial charge on any atom is 0.266 e. The summed E-state index contributed by atoms with van der Waals surface area (Å²) < 4.78 is 0. The van der Waals surface area contributed by atoms with Crippen LogP contribution < -0.4 is 4.90 Å². The third kappa shape index (κ3) is 1.83. The molecule has 2 heterocycles. The number of amides is 2. The molecule has 1 aromatic heterocycles. The summed E-state index contributed by atoms with van der Waals surface area (Å²) in [4.78, 5) is 38.1. The lowest BCUT2D eigenvalue weighted by atomic mass is 10.1. The fraction of sp³-hybridized carbons (Fsp3) is 0.0714. The van der Waals surface area contributed by atoms with Gasteiger partial charge in [-0.25, -0.2) is 4.90 Å². The fourth-order valence-corrected chi connectivity index (χ4v) is 3.44. The van der Waals surface area contributed by atoms with Crippen LogP contribution >= 0.6 is 27.3 Å². The quantitative estimate of drug-likeness (QED) is 0.486. The second-order valence-corrected chi connectivity index (χ2v) is 5.66. The second-order valence-electron chi connectivity index (χ2n) is 4.18. The van der Waals surface area contributed by atoms with Crippen molar-refractivity contribution in [2.45, 2.75) is 0 Å². The van der Waals surface area contributed by atoms with Crippen molar-refractivity contribution in [2.75, 3.05) is 10.2 Å². The molecule has 1 aliphatic heterocycles. The van der Waals surface area contributed by atoms with Crippen LogP contribution in [0.25, 0.3) is 0 Å². The van der Waals surface area contributed by atoms with Crippen LogP contribution in [-0.2, 0) is 0 Å². The average molecular weight is 350 g/mol. The van der Waals surface area contributed by atoms with Crippen LogP contribution in [0, 0.1) is 0 Å². The van der Waals surface area contributed by atoms with E-state index in [0.29, 0.717) is 21.7 Å². The van der Waals surface area contributed by atoms with Gasteiger partial charge in [0.2, 0.25) is 0 Å². The highest BCUT2D eigenvalue weighted by atomic mass is 79.9. The number of thiophene rings is 1. The first-order valence-corrected chi connectivity index (χ1v) is 7.79. The lowest BCUT2D eigenvalue weighted by Gasteiger charge is -2.13. The maximum absolute atomic E-state index is 12.4. The predicted molar refractivity (Wildman–Crippen MR) is 80.0 cm³/mol. The molecular formula is C14H8BrNO3S. The first-order chi connectivity index (χ1) is 9.65. The third-order valence-electron chi connectivity index (χ3n) is 3.05. The molecule has 4 nitrogen and oxygen atoms in total. The molecule has 1 aromatic carbocycles. The number of carbonyl (C=O) groups is 3. The van der Waals surface area contributed by atoms with Crippen LogP contribution in [-0.4, -0.2) is 22.9 Å². The number of imide groups is 1. The van der Waals surface area contributed by atoms with Crippen LogP contribution in [0.2, 0.25) is 0 Å². The van der Waals surface area contributed by atoms with Crippen molar-refractivity contribution in [1.29, 1.82) is 0 Å². The number of alkyl halides is 1. The van der Waals surface area contributed by atoms with E-state index in [1.165, 1.54) is 11.3 Å². The van der Waals surface area contributed by atoms with Gasteiger partial charge < -0.3 is 0 Å². The topological polar surface area (TPSA) is 54.5 Å². The van der Waals surface area contributed by atoms with Crippen molar-refractivity contribution >= 4 is 50.6 Å². The second kappa shape index (κ2) is 4.96. The summed E-state index contributed by atoms with van der Waals surface area (Å²) >= 11 is 4.33. The van der Waals surface area contributed by atoms with Gasteiger partial charge in [-0.05, 0) is 23.6 Å². The smallest absolute Gasteiger partial charge is 0.266 e. The van der Waals surface area contributed by atoms with Gasteiger partial charge in [-0.2, -0.15) is 0 Å². The van der Waals surface area contributed by atoms with E-state index < -0.39 is 0 Å². The highest BCUT2D eigenvalue weighted by Gasteiger charge is 2.38. The molecule has 0 N–H and O–H groups in total. The Morgan fingerprint density at radius 3 is 2.25 bits per heavy atom. The number of hydrogen-bond donors (Lipinski definition) is 0. The van der Waals surface area contributed by atoms with Crippen LogP contribution in [0.1, 0.15) is 30.4 Å². The van der Waals surface area contributed by atoms with E-state index in [4.69, 9.17) is 0 Å². The number of carbonyl (C=O) groups excluding carboxylic acids is 3. The standard InChI is InChI=1S/C14H8BrNO3S/c15-7-11(17)12-10(5-6-20-12)16-13(18)8-3-1-2-4-9(8)14(16)19/h1-6H,7H2. The van der Waals surface area contributed by atoms with E-state index in [-0.39, 0.29) is 22.9 Å². The van der Waals surface area contributed by atoms with Gasteiger partial charge in [0.1, 0.15) is 0 Å². The molecule has 0 spiro atoms. The van der Waals surface area contributed by atoms with Gasteiger partial charge in [0.15, 0.2) is 5.78 Å². The largest absolute Gasteiger partial charge is 0.292 e. The van der Waals surface area contributed by atoms with Gasteiger partial charge in [0.25, 0.3) is 11.8 Å². The van der Waals surface area contributed by atoms with Crippen molar-refractivity contribution in [3.05, 3.63) is 51.7 Å². The Bertz CT molecular complexity index is 703. The Morgan fingerprint density at radius 1 is 1.10 bits per heavy atom. The Labute approximate surface area is 127 Å². The minimum absolute atomic E-state index is 0.147. The molecule has 0 saturated heterocycles. The van der Waals surface area contributed by atoms with Gasteiger partial charge >= 0.3 is 0 Å². The highest BCUT2D eigenvalue weighted by molar-refractivity contribution is 9.09. The van der Waals surface area contributed by atoms with Crippen LogP contribution in [0.5, 0.6) is 0 Å². The van der Waals surface area contributed by atoms with Gasteiger partial charge in [-0.15, -0.1) is 11.3 Å². The zero-order valence-corrected chi connectivity index (χ0v) is 12.5. The van der Waals surface area contributed by atoms with Crippen molar-refractivity contribution in [3.8, 4) is 0 Å². The molecule has 0 saturated carbocycles. The molecule has 0 fully saturated rings. The highest BCUT2D eigenvalue weighted by Crippen LogP contribution is 2.33. The Morgan fingerprint density at radius 2 is 1.70 bits per heavy atom. The van der Waals surface area contributed by atoms with E-state index in [2.05, 4.69) is 15.9 Å². The number of halogens is 1. The van der Waals surface area contributed by atoms with E-state index in [9.17, 15) is 14.4 Å². The third-order valence-corrected chi connectivity index (χ3v) is 4.51. The van der Waals surface area contributed by atoms with Crippen molar-refractivity contribution in [2.24, 2.45) is 0 Å². The minimum Gasteiger partial charge on any atom is -0.292 e. The number of Topliss-reactive ketones (excluding diaryl/α,β-unsaturated/α-hetero) is 1. The number of nitrogens with zero attached hydrogens (tertiary/aromatic N) is 1. The van der Waals surface area contributed by atoms with E-state index >= 15 is 0 Å². The molecule has 0 bridgehead atoms. The first-order valence-electron chi connectivity index (χ1n) is 5.79. The fourth-order valence-electron chi connectivity index (χ4n) is 2.16. The number of fused-ring (bicyclic) bond motifs is 1. The molecule has 2 amide bonds. The minimum atomic E-state index is -0.382. The zero-order chi connectivity index (χ0) is 14.3. The van der Waals surface area contributed by atoms with Crippen molar-refractivity contribution < 1.29 is 14.4 Å². The van der Waals surface area contributed by atoms with E-state index in [0.717, 1.165) is 4.90 Å². The Balaban J connectivity index is 2.10. The normalized spacial score (nSPS) is 13.8. The van der Waals surface area contributed by atoms with Crippen molar-refractivity contribution in [1.82, 2.24) is 0 Å². The molecule has 0 aliphatic carbocycles. The maximum atomic E-state index is 12.4. The Kier molecular flexibility index (Phi) is 3.27. The lowest BCUT2D eigenvalue weighted by molar-refractivity contribution is 0.0926. The summed E-state index contributed by atoms with van der Waals surface area (Å²) in [6.45, 7) is 0. The summed E-state index contributed by atoms with van der Waals surface area (Å²) in [6, 6.07) is 8.29. The SMILES string of the molecule is O=C(CBr)c1sccc1N1C(=O)c2ccccc2C1=O. The molecular weight excluding hydrogens is 342 g/mol. The molecule has 0 radical (unpaired) electrons. The molecule has 2 aromatic rings. The molecule has 0 atom stereocenters. The molecule has 20 heavy (non-hydrogen) atoms. The lowest BCUT2D eigenvalue weighted by Crippen LogP contribution is -2.30. The number of rotatable bonds is 3. The molecule has 100 valence electrons. The molecule has 6 heteroatoms. The van der Waals surface area contributed by atoms with Gasteiger partial charge in [-0.3, -0.25) is 14.4 Å². The first kappa shape index (κ1) is 13.2. The molecule has 1 aliphatic rings. The molecule has 3 rings (SSSR count). The van der Waals surface area contributed by atoms with E-state index in [1.807, 2.05) is 0 Å². The molecule has 0 unspecified atom stereocenters. The summed E-state index contributed by atoms with van der Waals surface area (Å²) in [5.74, 6) is -0.910. The van der Waals surface area contributed by atoms with Crippen LogP contribution in [0.4, 0.5) is 5.69 Å².